The van der Waals surface area contributed by atoms with E-state index in [4.69, 9.17) is 0 Å². The van der Waals surface area contributed by atoms with Crippen LogP contribution in [-0.4, -0.2) is 56.3 Å². The maximum Gasteiger partial charge on any atom is 0.243 e. The molecule has 0 bridgehead atoms. The second-order valence-corrected chi connectivity index (χ2v) is 9.67. The molecule has 0 aliphatic carbocycles. The monoisotopic (exact) mass is 449 g/mol. The van der Waals surface area contributed by atoms with E-state index in [9.17, 15) is 13.2 Å². The number of benzene rings is 3. The standard InChI is InChI=1S/C25H27N3O3S/c29-24(20-26-25(21-10-4-1-5-11-21)22-12-6-2-7-13-22)27-16-18-28(19-17-27)32(30,31)23-14-8-3-9-15-23/h1-15,25-26H,16-20H2. The SMILES string of the molecule is O=C(CNC(c1ccccc1)c1ccccc1)N1CCN(S(=O)(=O)c2ccccc2)CC1. The van der Waals surface area contributed by atoms with E-state index in [1.165, 1.54) is 4.31 Å². The van der Waals surface area contributed by atoms with Gasteiger partial charge in [0.2, 0.25) is 15.9 Å². The molecule has 7 heteroatoms. The number of sulfonamides is 1. The molecule has 32 heavy (non-hydrogen) atoms. The molecule has 1 heterocycles. The molecule has 0 spiro atoms. The summed E-state index contributed by atoms with van der Waals surface area (Å²) in [4.78, 5) is 14.9. The van der Waals surface area contributed by atoms with Crippen molar-refractivity contribution in [1.29, 1.82) is 0 Å². The highest BCUT2D eigenvalue weighted by atomic mass is 32.2. The number of rotatable bonds is 7. The third kappa shape index (κ3) is 5.07. The zero-order valence-corrected chi connectivity index (χ0v) is 18.6. The van der Waals surface area contributed by atoms with E-state index in [0.29, 0.717) is 26.2 Å². The molecule has 0 unspecified atom stereocenters. The summed E-state index contributed by atoms with van der Waals surface area (Å²) in [5.41, 5.74) is 2.18. The maximum absolute atomic E-state index is 12.9. The first kappa shape index (κ1) is 22.2. The van der Waals surface area contributed by atoms with E-state index in [-0.39, 0.29) is 23.4 Å². The van der Waals surface area contributed by atoms with Crippen molar-refractivity contribution >= 4 is 15.9 Å². The van der Waals surface area contributed by atoms with Crippen molar-refractivity contribution < 1.29 is 13.2 Å². The molecule has 4 rings (SSSR count). The lowest BCUT2D eigenvalue weighted by atomic mass is 9.99. The van der Waals surface area contributed by atoms with Crippen LogP contribution in [-0.2, 0) is 14.8 Å². The third-order valence-corrected chi connectivity index (χ3v) is 7.61. The summed E-state index contributed by atoms with van der Waals surface area (Å²) in [5.74, 6) is -0.0291. The highest BCUT2D eigenvalue weighted by Gasteiger charge is 2.30. The molecule has 0 saturated carbocycles. The van der Waals surface area contributed by atoms with Gasteiger partial charge in [0, 0.05) is 26.2 Å². The quantitative estimate of drug-likeness (QED) is 0.602. The van der Waals surface area contributed by atoms with E-state index >= 15 is 0 Å². The number of nitrogens with zero attached hydrogens (tertiary/aromatic N) is 2. The minimum atomic E-state index is -3.53. The van der Waals surface area contributed by atoms with Gasteiger partial charge in [0.15, 0.2) is 0 Å². The van der Waals surface area contributed by atoms with E-state index in [1.54, 1.807) is 35.2 Å². The van der Waals surface area contributed by atoms with Crippen LogP contribution in [0.4, 0.5) is 0 Å². The van der Waals surface area contributed by atoms with E-state index < -0.39 is 10.0 Å². The van der Waals surface area contributed by atoms with Crippen LogP contribution in [0.25, 0.3) is 0 Å². The van der Waals surface area contributed by atoms with Crippen LogP contribution in [0.3, 0.4) is 0 Å². The summed E-state index contributed by atoms with van der Waals surface area (Å²) in [5, 5.41) is 3.39. The van der Waals surface area contributed by atoms with E-state index in [0.717, 1.165) is 11.1 Å². The first-order valence-electron chi connectivity index (χ1n) is 10.7. The Bertz CT molecular complexity index is 1080. The predicted octanol–water partition coefficient (Wildman–Crippen LogP) is 2.90. The van der Waals surface area contributed by atoms with Crippen LogP contribution in [0.1, 0.15) is 17.2 Å². The average Bonchev–Trinajstić information content (AvgIpc) is 2.86. The van der Waals surface area contributed by atoms with Crippen LogP contribution in [0, 0.1) is 0 Å². The lowest BCUT2D eigenvalue weighted by Gasteiger charge is -2.34. The second-order valence-electron chi connectivity index (χ2n) is 7.73. The van der Waals surface area contributed by atoms with Crippen molar-refractivity contribution in [3.8, 4) is 0 Å². The van der Waals surface area contributed by atoms with Gasteiger partial charge in [-0.3, -0.25) is 10.1 Å². The second kappa shape index (κ2) is 10.1. The zero-order valence-electron chi connectivity index (χ0n) is 17.8. The number of carbonyl (C=O) groups is 1. The number of piperazine rings is 1. The number of hydrogen-bond acceptors (Lipinski definition) is 4. The summed E-state index contributed by atoms with van der Waals surface area (Å²) in [6, 6.07) is 28.4. The molecule has 6 nitrogen and oxygen atoms in total. The summed E-state index contributed by atoms with van der Waals surface area (Å²) < 4.78 is 27.1. The lowest BCUT2D eigenvalue weighted by molar-refractivity contribution is -0.131. The van der Waals surface area contributed by atoms with E-state index in [2.05, 4.69) is 5.32 Å². The first-order chi connectivity index (χ1) is 15.6. The minimum absolute atomic E-state index is 0.0291. The molecule has 1 fully saturated rings. The summed E-state index contributed by atoms with van der Waals surface area (Å²) in [6.45, 7) is 1.54. The van der Waals surface area contributed by atoms with Crippen molar-refractivity contribution in [2.75, 3.05) is 32.7 Å². The molecule has 0 radical (unpaired) electrons. The lowest BCUT2D eigenvalue weighted by Crippen LogP contribution is -2.52. The van der Waals surface area contributed by atoms with Crippen molar-refractivity contribution in [1.82, 2.24) is 14.5 Å². The minimum Gasteiger partial charge on any atom is -0.339 e. The Morgan fingerprint density at radius 3 is 1.72 bits per heavy atom. The van der Waals surface area contributed by atoms with Crippen molar-refractivity contribution in [2.24, 2.45) is 0 Å². The molecule has 166 valence electrons. The fourth-order valence-corrected chi connectivity index (χ4v) is 5.38. The number of hydrogen-bond donors (Lipinski definition) is 1. The molecular weight excluding hydrogens is 422 g/mol. The van der Waals surface area contributed by atoms with E-state index in [1.807, 2.05) is 60.7 Å². The molecule has 1 amide bonds. The fraction of sp³-hybridized carbons (Fsp3) is 0.240. The van der Waals surface area contributed by atoms with Crippen LogP contribution in [0.15, 0.2) is 95.9 Å². The Hall–Kier alpha value is -3.00. The highest BCUT2D eigenvalue weighted by molar-refractivity contribution is 7.89. The number of carbonyl (C=O) groups excluding carboxylic acids is 1. The molecule has 1 saturated heterocycles. The maximum atomic E-state index is 12.9. The molecular formula is C25H27N3O3S. The Morgan fingerprint density at radius 1 is 0.750 bits per heavy atom. The largest absolute Gasteiger partial charge is 0.339 e. The van der Waals surface area contributed by atoms with Crippen LogP contribution >= 0.6 is 0 Å². The van der Waals surface area contributed by atoms with Crippen LogP contribution < -0.4 is 5.32 Å². The summed E-state index contributed by atoms with van der Waals surface area (Å²) in [7, 11) is -3.53. The molecule has 1 aliphatic rings. The zero-order chi connectivity index (χ0) is 22.4. The normalized spacial score (nSPS) is 15.1. The van der Waals surface area contributed by atoms with Gasteiger partial charge in [-0.15, -0.1) is 0 Å². The Balaban J connectivity index is 1.37. The average molecular weight is 450 g/mol. The van der Waals surface area contributed by atoms with Gasteiger partial charge in [0.1, 0.15) is 0 Å². The molecule has 1 N–H and O–H groups in total. The Kier molecular flexibility index (Phi) is 6.99. The summed E-state index contributed by atoms with van der Waals surface area (Å²) >= 11 is 0. The fourth-order valence-electron chi connectivity index (χ4n) is 3.94. The first-order valence-corrected chi connectivity index (χ1v) is 12.2. The van der Waals surface area contributed by atoms with Gasteiger partial charge in [0.25, 0.3) is 0 Å². The topological polar surface area (TPSA) is 69.7 Å². The molecule has 0 atom stereocenters. The van der Waals surface area contributed by atoms with Crippen molar-refractivity contribution in [3.63, 3.8) is 0 Å². The van der Waals surface area contributed by atoms with Crippen molar-refractivity contribution in [2.45, 2.75) is 10.9 Å². The number of amides is 1. The number of nitrogens with one attached hydrogen (secondary N) is 1. The van der Waals surface area contributed by atoms with Crippen LogP contribution in [0.2, 0.25) is 0 Å². The van der Waals surface area contributed by atoms with Gasteiger partial charge in [-0.2, -0.15) is 4.31 Å². The predicted molar refractivity (Wildman–Crippen MR) is 125 cm³/mol. The molecule has 0 aromatic heterocycles. The summed E-state index contributed by atoms with van der Waals surface area (Å²) in [6.07, 6.45) is 0. The van der Waals surface area contributed by atoms with Gasteiger partial charge in [0.05, 0.1) is 17.5 Å². The van der Waals surface area contributed by atoms with Gasteiger partial charge in [-0.25, -0.2) is 8.42 Å². The molecule has 1 aliphatic heterocycles. The highest BCUT2D eigenvalue weighted by Crippen LogP contribution is 2.22. The van der Waals surface area contributed by atoms with Gasteiger partial charge < -0.3 is 4.90 Å². The van der Waals surface area contributed by atoms with Gasteiger partial charge in [-0.05, 0) is 23.3 Å². The molecule has 3 aromatic rings. The molecule has 3 aromatic carbocycles. The van der Waals surface area contributed by atoms with Crippen molar-refractivity contribution in [3.05, 3.63) is 102 Å². The van der Waals surface area contributed by atoms with Gasteiger partial charge >= 0.3 is 0 Å². The van der Waals surface area contributed by atoms with Crippen LogP contribution in [0.5, 0.6) is 0 Å². The third-order valence-electron chi connectivity index (χ3n) is 5.70. The Labute approximate surface area is 189 Å². The Morgan fingerprint density at radius 2 is 1.22 bits per heavy atom. The van der Waals surface area contributed by atoms with Gasteiger partial charge in [-0.1, -0.05) is 78.9 Å². The smallest absolute Gasteiger partial charge is 0.243 e.